The lowest BCUT2D eigenvalue weighted by molar-refractivity contribution is -0.110. The van der Waals surface area contributed by atoms with E-state index in [0.717, 1.165) is 23.2 Å². The predicted molar refractivity (Wildman–Crippen MR) is 133 cm³/mol. The number of anilines is 1. The van der Waals surface area contributed by atoms with Gasteiger partial charge in [-0.15, -0.1) is 0 Å². The number of carbonyl (C=O) groups excluding carboxylic acids is 1. The number of amides is 1. The molecule has 2 aliphatic rings. The van der Waals surface area contributed by atoms with Crippen molar-refractivity contribution >= 4 is 35.1 Å². The first kappa shape index (κ1) is 21.3. The number of fused-ring (bicyclic) bond motifs is 1. The molecule has 1 aliphatic carbocycles. The zero-order chi connectivity index (χ0) is 22.5. The van der Waals surface area contributed by atoms with E-state index in [4.69, 9.17) is 0 Å². The van der Waals surface area contributed by atoms with Crippen molar-refractivity contribution in [2.75, 3.05) is 5.32 Å². The summed E-state index contributed by atoms with van der Waals surface area (Å²) in [7, 11) is 0. The minimum absolute atomic E-state index is 0.0857. The Morgan fingerprint density at radius 1 is 1.19 bits per heavy atom. The molecular weight excluding hydrogens is 396 g/mol. The highest BCUT2D eigenvalue weighted by Crippen LogP contribution is 2.34. The van der Waals surface area contributed by atoms with Gasteiger partial charge in [0.25, 0.3) is 5.91 Å². The molecule has 1 atom stereocenters. The quantitative estimate of drug-likeness (QED) is 0.323. The molecule has 1 unspecified atom stereocenters. The van der Waals surface area contributed by atoms with Crippen LogP contribution in [0.3, 0.4) is 0 Å². The summed E-state index contributed by atoms with van der Waals surface area (Å²) in [6.07, 6.45) is 17.2. The maximum atomic E-state index is 12.3. The molecule has 2 aromatic carbocycles. The number of nitrogens with zero attached hydrogens (tertiary/aromatic N) is 1. The Hall–Kier alpha value is -3.92. The molecule has 0 fully saturated rings. The Labute approximate surface area is 188 Å². The van der Waals surface area contributed by atoms with Gasteiger partial charge in [0, 0.05) is 29.0 Å². The second-order valence-corrected chi connectivity index (χ2v) is 7.75. The lowest BCUT2D eigenvalue weighted by atomic mass is 9.93. The predicted octanol–water partition coefficient (Wildman–Crippen LogP) is 6.61. The highest BCUT2D eigenvalue weighted by molar-refractivity contribution is 6.34. The zero-order valence-corrected chi connectivity index (χ0v) is 18.2. The number of rotatable bonds is 5. The minimum atomic E-state index is -0.139. The van der Waals surface area contributed by atoms with Crippen LogP contribution in [0.4, 0.5) is 11.4 Å². The van der Waals surface area contributed by atoms with E-state index in [1.54, 1.807) is 18.2 Å². The number of phenols is 1. The van der Waals surface area contributed by atoms with Gasteiger partial charge in [0.2, 0.25) is 0 Å². The minimum Gasteiger partial charge on any atom is -0.506 e. The molecule has 1 aliphatic heterocycles. The van der Waals surface area contributed by atoms with Crippen molar-refractivity contribution in [1.29, 1.82) is 0 Å². The van der Waals surface area contributed by atoms with E-state index in [0.29, 0.717) is 11.3 Å². The van der Waals surface area contributed by atoms with Crippen molar-refractivity contribution in [2.24, 2.45) is 10.9 Å². The number of nitrogens with one attached hydrogen (secondary N) is 1. The van der Waals surface area contributed by atoms with Crippen LogP contribution < -0.4 is 5.32 Å². The topological polar surface area (TPSA) is 61.7 Å². The number of aromatic hydroxyl groups is 1. The van der Waals surface area contributed by atoms with E-state index >= 15 is 0 Å². The molecule has 4 nitrogen and oxygen atoms in total. The largest absolute Gasteiger partial charge is 0.506 e. The SMILES string of the molecule is C/C=C\C(=C/C)C1=CCC(C=Nc2ccc(/C=C3\C(=O)Nc4ccccc43)cc2O)C=C1. The van der Waals surface area contributed by atoms with Gasteiger partial charge in [0.1, 0.15) is 11.4 Å². The molecule has 0 saturated heterocycles. The van der Waals surface area contributed by atoms with Crippen LogP contribution in [0.15, 0.2) is 95.1 Å². The van der Waals surface area contributed by atoms with Gasteiger partial charge in [-0.25, -0.2) is 0 Å². The Balaban J connectivity index is 1.47. The summed E-state index contributed by atoms with van der Waals surface area (Å²) in [6.45, 7) is 4.06. The highest BCUT2D eigenvalue weighted by atomic mass is 16.3. The van der Waals surface area contributed by atoms with E-state index in [2.05, 4.69) is 40.7 Å². The molecule has 2 aromatic rings. The van der Waals surface area contributed by atoms with Gasteiger partial charge in [-0.05, 0) is 61.3 Å². The Bertz CT molecular complexity index is 1230. The smallest absolute Gasteiger partial charge is 0.256 e. The van der Waals surface area contributed by atoms with Gasteiger partial charge in [-0.3, -0.25) is 9.79 Å². The van der Waals surface area contributed by atoms with E-state index in [-0.39, 0.29) is 17.6 Å². The monoisotopic (exact) mass is 422 g/mol. The number of benzene rings is 2. The highest BCUT2D eigenvalue weighted by Gasteiger charge is 2.23. The first-order valence-corrected chi connectivity index (χ1v) is 10.8. The molecule has 0 radical (unpaired) electrons. The molecular formula is C28H26N2O2. The molecule has 0 bridgehead atoms. The molecule has 4 heteroatoms. The Morgan fingerprint density at radius 2 is 2.03 bits per heavy atom. The number of allylic oxidation sites excluding steroid dienone is 8. The van der Waals surface area contributed by atoms with Gasteiger partial charge < -0.3 is 10.4 Å². The fourth-order valence-electron chi connectivity index (χ4n) is 3.86. The average molecular weight is 423 g/mol. The van der Waals surface area contributed by atoms with Gasteiger partial charge in [-0.2, -0.15) is 0 Å². The summed E-state index contributed by atoms with van der Waals surface area (Å²) < 4.78 is 0. The first-order valence-electron chi connectivity index (χ1n) is 10.8. The maximum absolute atomic E-state index is 12.3. The molecule has 1 amide bonds. The lowest BCUT2D eigenvalue weighted by Crippen LogP contribution is -2.03. The molecule has 4 rings (SSSR count). The van der Waals surface area contributed by atoms with Crippen LogP contribution in [0.25, 0.3) is 11.6 Å². The molecule has 0 spiro atoms. The zero-order valence-electron chi connectivity index (χ0n) is 18.2. The van der Waals surface area contributed by atoms with Crippen molar-refractivity contribution in [3.63, 3.8) is 0 Å². The second kappa shape index (κ2) is 9.48. The Kier molecular flexibility index (Phi) is 6.31. The summed E-state index contributed by atoms with van der Waals surface area (Å²) >= 11 is 0. The van der Waals surface area contributed by atoms with Crippen molar-refractivity contribution in [3.8, 4) is 5.75 Å². The van der Waals surface area contributed by atoms with Crippen molar-refractivity contribution in [3.05, 3.63) is 101 Å². The summed E-state index contributed by atoms with van der Waals surface area (Å²) in [6, 6.07) is 12.8. The number of carbonyl (C=O) groups is 1. The summed E-state index contributed by atoms with van der Waals surface area (Å²) in [5.74, 6) is 0.129. The third-order valence-corrected chi connectivity index (χ3v) is 5.55. The first-order chi connectivity index (χ1) is 15.6. The summed E-state index contributed by atoms with van der Waals surface area (Å²) in [4.78, 5) is 16.8. The van der Waals surface area contributed by atoms with Crippen LogP contribution in [-0.2, 0) is 4.79 Å². The number of hydrogen-bond acceptors (Lipinski definition) is 3. The van der Waals surface area contributed by atoms with E-state index in [1.807, 2.05) is 56.5 Å². The van der Waals surface area contributed by atoms with E-state index < -0.39 is 0 Å². The van der Waals surface area contributed by atoms with Crippen LogP contribution in [0.2, 0.25) is 0 Å². The Morgan fingerprint density at radius 3 is 2.75 bits per heavy atom. The molecule has 160 valence electrons. The number of para-hydroxylation sites is 1. The summed E-state index contributed by atoms with van der Waals surface area (Å²) in [5.41, 5.74) is 5.94. The van der Waals surface area contributed by atoms with E-state index in [1.165, 1.54) is 11.1 Å². The molecule has 0 aromatic heterocycles. The van der Waals surface area contributed by atoms with Crippen LogP contribution in [0.5, 0.6) is 5.75 Å². The number of phenolic OH excluding ortho intramolecular Hbond substituents is 1. The van der Waals surface area contributed by atoms with Crippen molar-refractivity contribution in [2.45, 2.75) is 20.3 Å². The van der Waals surface area contributed by atoms with E-state index in [9.17, 15) is 9.90 Å². The molecule has 32 heavy (non-hydrogen) atoms. The van der Waals surface area contributed by atoms with Gasteiger partial charge in [0.05, 0.1) is 0 Å². The van der Waals surface area contributed by atoms with Crippen molar-refractivity contribution in [1.82, 2.24) is 0 Å². The third kappa shape index (κ3) is 4.54. The van der Waals surface area contributed by atoms with Crippen LogP contribution in [-0.4, -0.2) is 17.2 Å². The fraction of sp³-hybridized carbons (Fsp3) is 0.143. The van der Waals surface area contributed by atoms with Gasteiger partial charge >= 0.3 is 0 Å². The summed E-state index contributed by atoms with van der Waals surface area (Å²) in [5, 5.41) is 13.3. The lowest BCUT2D eigenvalue weighted by Gasteiger charge is -2.13. The average Bonchev–Trinajstić information content (AvgIpc) is 3.12. The van der Waals surface area contributed by atoms with Crippen LogP contribution >= 0.6 is 0 Å². The van der Waals surface area contributed by atoms with Gasteiger partial charge in [0.15, 0.2) is 0 Å². The molecule has 1 heterocycles. The van der Waals surface area contributed by atoms with Crippen LogP contribution in [0.1, 0.15) is 31.4 Å². The van der Waals surface area contributed by atoms with Crippen LogP contribution in [0, 0.1) is 5.92 Å². The maximum Gasteiger partial charge on any atom is 0.256 e. The number of aliphatic imine (C=N–C) groups is 1. The fourth-order valence-corrected chi connectivity index (χ4v) is 3.86. The van der Waals surface area contributed by atoms with Gasteiger partial charge in [-0.1, -0.05) is 60.7 Å². The third-order valence-electron chi connectivity index (χ3n) is 5.55. The normalized spacial score (nSPS) is 19.6. The molecule has 0 saturated carbocycles. The van der Waals surface area contributed by atoms with Crippen molar-refractivity contribution < 1.29 is 9.90 Å². The molecule has 2 N–H and O–H groups in total. The standard InChI is InChI=1S/C28H26N2O2/c1-3-7-21(4-2)22-13-10-19(11-14-22)18-29-26-15-12-20(17-27(26)31)16-24-23-8-5-6-9-25(23)30-28(24)32/h3-10,12-19,31H,11H2,1-2H3,(H,30,32)/b7-3-,21-4+,24-16-,29-18?. The number of hydrogen-bond donors (Lipinski definition) is 2. The second-order valence-electron chi connectivity index (χ2n) is 7.75.